The summed E-state index contributed by atoms with van der Waals surface area (Å²) in [6.07, 6.45) is 0. The minimum Gasteiger partial charge on any atom is -0.356 e. The maximum absolute atomic E-state index is 12.1. The molecular formula is C14H18N3OP. The number of nitrogens with one attached hydrogen (secondary N) is 1. The molecule has 2 heterocycles. The third-order valence-electron chi connectivity index (χ3n) is 3.70. The summed E-state index contributed by atoms with van der Waals surface area (Å²) in [4.78, 5) is 19.7. The number of H-pyrrole nitrogens is 1. The van der Waals surface area contributed by atoms with E-state index in [4.69, 9.17) is 0 Å². The number of benzene rings is 1. The SMILES string of the molecule is CN1CCN(c2cc3cc(P)ccc3c(=O)[nH]2)CC1. The van der Waals surface area contributed by atoms with Crippen molar-refractivity contribution >= 4 is 31.1 Å². The normalized spacial score (nSPS) is 17.1. The molecule has 1 aromatic carbocycles. The molecule has 1 N–H and O–H groups in total. The van der Waals surface area contributed by atoms with Crippen molar-refractivity contribution in [3.63, 3.8) is 0 Å². The first kappa shape index (κ1) is 12.6. The van der Waals surface area contributed by atoms with Gasteiger partial charge >= 0.3 is 0 Å². The van der Waals surface area contributed by atoms with Gasteiger partial charge in [0.05, 0.1) is 0 Å². The Kier molecular flexibility index (Phi) is 3.29. The lowest BCUT2D eigenvalue weighted by Crippen LogP contribution is -2.45. The number of pyridine rings is 1. The molecule has 4 nitrogen and oxygen atoms in total. The molecule has 0 amide bonds. The highest BCUT2D eigenvalue weighted by Crippen LogP contribution is 2.17. The van der Waals surface area contributed by atoms with E-state index >= 15 is 0 Å². The first-order valence-corrected chi connectivity index (χ1v) is 7.07. The average molecular weight is 275 g/mol. The van der Waals surface area contributed by atoms with E-state index in [0.29, 0.717) is 0 Å². The Bertz CT molecular complexity index is 659. The van der Waals surface area contributed by atoms with Crippen LogP contribution in [0.15, 0.2) is 29.1 Å². The van der Waals surface area contributed by atoms with E-state index < -0.39 is 0 Å². The second-order valence-corrected chi connectivity index (χ2v) is 5.79. The topological polar surface area (TPSA) is 39.3 Å². The van der Waals surface area contributed by atoms with Crippen LogP contribution < -0.4 is 15.8 Å². The second kappa shape index (κ2) is 4.95. The van der Waals surface area contributed by atoms with Gasteiger partial charge < -0.3 is 14.8 Å². The molecule has 2 aromatic rings. The van der Waals surface area contributed by atoms with Crippen LogP contribution in [0, 0.1) is 0 Å². The molecule has 0 saturated carbocycles. The lowest BCUT2D eigenvalue weighted by Gasteiger charge is -2.33. The van der Waals surface area contributed by atoms with Crippen molar-refractivity contribution in [1.82, 2.24) is 9.88 Å². The van der Waals surface area contributed by atoms with Crippen LogP contribution in [-0.2, 0) is 0 Å². The Morgan fingerprint density at radius 2 is 1.89 bits per heavy atom. The summed E-state index contributed by atoms with van der Waals surface area (Å²) in [7, 11) is 4.80. The van der Waals surface area contributed by atoms with Crippen molar-refractivity contribution in [2.75, 3.05) is 38.1 Å². The fourth-order valence-electron chi connectivity index (χ4n) is 2.49. The van der Waals surface area contributed by atoms with Crippen LogP contribution >= 0.6 is 9.24 Å². The Morgan fingerprint density at radius 1 is 1.16 bits per heavy atom. The first-order chi connectivity index (χ1) is 9.13. The van der Waals surface area contributed by atoms with E-state index in [1.54, 1.807) is 0 Å². The monoisotopic (exact) mass is 275 g/mol. The summed E-state index contributed by atoms with van der Waals surface area (Å²) >= 11 is 0. The predicted molar refractivity (Wildman–Crippen MR) is 83.6 cm³/mol. The number of hydrogen-bond acceptors (Lipinski definition) is 3. The molecule has 0 radical (unpaired) electrons. The van der Waals surface area contributed by atoms with E-state index in [9.17, 15) is 4.79 Å². The fourth-order valence-corrected chi connectivity index (χ4v) is 2.77. The largest absolute Gasteiger partial charge is 0.356 e. The van der Waals surface area contributed by atoms with Gasteiger partial charge in [-0.3, -0.25) is 4.79 Å². The van der Waals surface area contributed by atoms with Gasteiger partial charge in [-0.25, -0.2) is 0 Å². The third kappa shape index (κ3) is 2.51. The predicted octanol–water partition coefficient (Wildman–Crippen LogP) is 0.780. The minimum absolute atomic E-state index is 0.00331. The zero-order chi connectivity index (χ0) is 13.4. The Morgan fingerprint density at radius 3 is 2.63 bits per heavy atom. The first-order valence-electron chi connectivity index (χ1n) is 6.49. The number of nitrogens with zero attached hydrogens (tertiary/aromatic N) is 2. The second-order valence-electron chi connectivity index (χ2n) is 5.12. The van der Waals surface area contributed by atoms with E-state index in [-0.39, 0.29) is 5.56 Å². The van der Waals surface area contributed by atoms with Crippen molar-refractivity contribution in [3.8, 4) is 0 Å². The van der Waals surface area contributed by atoms with Crippen molar-refractivity contribution in [1.29, 1.82) is 0 Å². The van der Waals surface area contributed by atoms with Gasteiger partial charge in [0.25, 0.3) is 5.56 Å². The molecule has 19 heavy (non-hydrogen) atoms. The molecule has 1 unspecified atom stereocenters. The molecule has 0 spiro atoms. The maximum Gasteiger partial charge on any atom is 0.257 e. The maximum atomic E-state index is 12.1. The number of aromatic amines is 1. The number of fused-ring (bicyclic) bond motifs is 1. The summed E-state index contributed by atoms with van der Waals surface area (Å²) in [6, 6.07) is 7.94. The highest BCUT2D eigenvalue weighted by Gasteiger charge is 2.15. The molecule has 0 bridgehead atoms. The van der Waals surface area contributed by atoms with Gasteiger partial charge in [0.15, 0.2) is 0 Å². The Hall–Kier alpha value is -1.38. The van der Waals surface area contributed by atoms with Crippen molar-refractivity contribution in [2.45, 2.75) is 0 Å². The smallest absolute Gasteiger partial charge is 0.257 e. The fraction of sp³-hybridized carbons (Fsp3) is 0.357. The zero-order valence-corrected chi connectivity index (χ0v) is 12.2. The summed E-state index contributed by atoms with van der Waals surface area (Å²) < 4.78 is 0. The molecule has 1 fully saturated rings. The molecule has 0 aliphatic carbocycles. The minimum atomic E-state index is -0.00331. The van der Waals surface area contributed by atoms with Gasteiger partial charge in [0, 0.05) is 31.6 Å². The molecule has 1 aliphatic rings. The van der Waals surface area contributed by atoms with Crippen LogP contribution in [0.3, 0.4) is 0 Å². The van der Waals surface area contributed by atoms with E-state index in [2.05, 4.69) is 37.1 Å². The van der Waals surface area contributed by atoms with Gasteiger partial charge in [-0.05, 0) is 35.9 Å². The molecule has 1 aromatic heterocycles. The number of likely N-dealkylation sites (N-methyl/N-ethyl adjacent to an activating group) is 1. The van der Waals surface area contributed by atoms with Crippen LogP contribution in [0.5, 0.6) is 0 Å². The molecule has 3 rings (SSSR count). The third-order valence-corrected chi connectivity index (χ3v) is 4.06. The lowest BCUT2D eigenvalue weighted by atomic mass is 10.1. The molecule has 100 valence electrons. The summed E-state index contributed by atoms with van der Waals surface area (Å²) in [5.41, 5.74) is -0.00331. The van der Waals surface area contributed by atoms with Crippen LogP contribution in [0.25, 0.3) is 10.8 Å². The average Bonchev–Trinajstić information content (AvgIpc) is 2.38. The van der Waals surface area contributed by atoms with E-state index in [0.717, 1.165) is 48.1 Å². The van der Waals surface area contributed by atoms with Crippen molar-refractivity contribution in [3.05, 3.63) is 34.6 Å². The van der Waals surface area contributed by atoms with Crippen LogP contribution in [0.2, 0.25) is 0 Å². The van der Waals surface area contributed by atoms with Gasteiger partial charge in [-0.1, -0.05) is 6.07 Å². The van der Waals surface area contributed by atoms with Gasteiger partial charge in [-0.15, -0.1) is 9.24 Å². The Labute approximate surface area is 114 Å². The molecule has 1 aliphatic heterocycles. The van der Waals surface area contributed by atoms with E-state index in [1.165, 1.54) is 0 Å². The zero-order valence-electron chi connectivity index (χ0n) is 11.0. The van der Waals surface area contributed by atoms with Gasteiger partial charge in [-0.2, -0.15) is 0 Å². The standard InChI is InChI=1S/C14H18N3OP/c1-16-4-6-17(7-5-16)13-9-10-8-11(19)2-3-12(10)14(18)15-13/h2-3,8-9H,4-7,19H2,1H3,(H,15,18). The van der Waals surface area contributed by atoms with E-state index in [1.807, 2.05) is 18.2 Å². The molecule has 5 heteroatoms. The molecule has 1 atom stereocenters. The lowest BCUT2D eigenvalue weighted by molar-refractivity contribution is 0.312. The van der Waals surface area contributed by atoms with Crippen LogP contribution in [0.4, 0.5) is 5.82 Å². The quantitative estimate of drug-likeness (QED) is 0.782. The number of anilines is 1. The Balaban J connectivity index is 2.03. The van der Waals surface area contributed by atoms with Crippen LogP contribution in [-0.4, -0.2) is 43.1 Å². The number of hydrogen-bond donors (Lipinski definition) is 1. The molecule has 1 saturated heterocycles. The highest BCUT2D eigenvalue weighted by molar-refractivity contribution is 7.27. The number of piperazine rings is 1. The van der Waals surface area contributed by atoms with Crippen LogP contribution in [0.1, 0.15) is 0 Å². The molecular weight excluding hydrogens is 257 g/mol. The van der Waals surface area contributed by atoms with Crippen molar-refractivity contribution in [2.24, 2.45) is 0 Å². The summed E-state index contributed by atoms with van der Waals surface area (Å²) in [5.74, 6) is 0.932. The summed E-state index contributed by atoms with van der Waals surface area (Å²) in [5, 5.41) is 2.86. The van der Waals surface area contributed by atoms with Gasteiger partial charge in [0.2, 0.25) is 0 Å². The highest BCUT2D eigenvalue weighted by atomic mass is 31.0. The van der Waals surface area contributed by atoms with Gasteiger partial charge in [0.1, 0.15) is 5.82 Å². The number of aromatic nitrogens is 1. The number of rotatable bonds is 1. The van der Waals surface area contributed by atoms with Crippen molar-refractivity contribution < 1.29 is 0 Å². The summed E-state index contributed by atoms with van der Waals surface area (Å²) in [6.45, 7) is 3.98.